The number of carbonyl (C=O) groups is 2. The van der Waals surface area contributed by atoms with E-state index in [0.717, 1.165) is 0 Å². The number of ether oxygens (including phenoxy) is 2. The summed E-state index contributed by atoms with van der Waals surface area (Å²) in [4.78, 5) is 20.9. The molecule has 0 saturated carbocycles. The van der Waals surface area contributed by atoms with Crippen molar-refractivity contribution >= 4 is 11.9 Å². The third-order valence-electron chi connectivity index (χ3n) is 2.18. The van der Waals surface area contributed by atoms with E-state index in [4.69, 9.17) is 10.2 Å². The second-order valence-corrected chi connectivity index (χ2v) is 3.44. The molecule has 17 heavy (non-hydrogen) atoms. The van der Waals surface area contributed by atoms with Crippen LogP contribution in [0, 0.1) is 0 Å². The minimum absolute atomic E-state index is 0.836. The zero-order chi connectivity index (χ0) is 13.2. The molecule has 1 rings (SSSR count). The summed E-state index contributed by atoms with van der Waals surface area (Å²) in [6.45, 7) is -0.836. The topological polar surface area (TPSA) is 154 Å². The summed E-state index contributed by atoms with van der Waals surface area (Å²) < 4.78 is 9.20. The number of carboxylic acids is 2. The van der Waals surface area contributed by atoms with Crippen molar-refractivity contribution in [2.24, 2.45) is 0 Å². The third kappa shape index (κ3) is 3.11. The van der Waals surface area contributed by atoms with Gasteiger partial charge < -0.3 is 35.0 Å². The first-order chi connectivity index (χ1) is 7.84. The van der Waals surface area contributed by atoms with E-state index in [9.17, 15) is 24.9 Å². The molecule has 0 aromatic heterocycles. The Hall–Kier alpha value is -1.26. The van der Waals surface area contributed by atoms with Gasteiger partial charge in [-0.05, 0) is 0 Å². The van der Waals surface area contributed by atoms with E-state index in [0.29, 0.717) is 0 Å². The Morgan fingerprint density at radius 1 is 1.06 bits per heavy atom. The summed E-state index contributed by atoms with van der Waals surface area (Å²) in [5, 5.41) is 45.0. The Bertz CT molecular complexity index is 303. The molecule has 0 aromatic rings. The lowest BCUT2D eigenvalue weighted by Crippen LogP contribution is -2.60. The summed E-state index contributed by atoms with van der Waals surface area (Å²) in [5.41, 5.74) is 0. The van der Waals surface area contributed by atoms with Crippen LogP contribution in [0.25, 0.3) is 0 Å². The van der Waals surface area contributed by atoms with Crippen LogP contribution in [-0.2, 0) is 19.1 Å². The van der Waals surface area contributed by atoms with Gasteiger partial charge in [0, 0.05) is 0 Å². The van der Waals surface area contributed by atoms with Gasteiger partial charge in [-0.2, -0.15) is 0 Å². The van der Waals surface area contributed by atoms with Crippen LogP contribution >= 0.6 is 0 Å². The molecule has 1 aliphatic heterocycles. The first kappa shape index (κ1) is 13.8. The van der Waals surface area contributed by atoms with Crippen molar-refractivity contribution in [1.82, 2.24) is 0 Å². The van der Waals surface area contributed by atoms with Gasteiger partial charge in [0.1, 0.15) is 24.9 Å². The molecular weight excluding hydrogens is 240 g/mol. The highest BCUT2D eigenvalue weighted by molar-refractivity contribution is 5.73. The van der Waals surface area contributed by atoms with E-state index < -0.39 is 49.3 Å². The minimum atomic E-state index is -1.83. The molecule has 0 aromatic carbocycles. The summed E-state index contributed by atoms with van der Waals surface area (Å²) in [7, 11) is 0. The van der Waals surface area contributed by atoms with Crippen LogP contribution in [0.1, 0.15) is 0 Å². The van der Waals surface area contributed by atoms with Crippen LogP contribution in [0.4, 0.5) is 0 Å². The average Bonchev–Trinajstić information content (AvgIpc) is 2.24. The zero-order valence-electron chi connectivity index (χ0n) is 8.46. The summed E-state index contributed by atoms with van der Waals surface area (Å²) in [6.07, 6.45) is -8.80. The van der Waals surface area contributed by atoms with E-state index in [-0.39, 0.29) is 0 Å². The smallest absolute Gasteiger partial charge is 0.335 e. The van der Waals surface area contributed by atoms with Gasteiger partial charge >= 0.3 is 11.9 Å². The zero-order valence-corrected chi connectivity index (χ0v) is 8.46. The number of aliphatic hydroxyl groups is 3. The lowest BCUT2D eigenvalue weighted by atomic mass is 9.99. The van der Waals surface area contributed by atoms with E-state index in [1.807, 2.05) is 0 Å². The summed E-state index contributed by atoms with van der Waals surface area (Å²) in [6, 6.07) is 0. The quantitative estimate of drug-likeness (QED) is 0.351. The van der Waals surface area contributed by atoms with Crippen LogP contribution in [0.3, 0.4) is 0 Å². The highest BCUT2D eigenvalue weighted by atomic mass is 16.7. The minimum Gasteiger partial charge on any atom is -0.480 e. The maximum Gasteiger partial charge on any atom is 0.335 e. The van der Waals surface area contributed by atoms with E-state index in [1.165, 1.54) is 0 Å². The Morgan fingerprint density at radius 2 is 1.65 bits per heavy atom. The maximum absolute atomic E-state index is 10.7. The molecule has 98 valence electrons. The lowest BCUT2D eigenvalue weighted by Gasteiger charge is -2.38. The number of hydrogen-bond acceptors (Lipinski definition) is 7. The second-order valence-electron chi connectivity index (χ2n) is 3.44. The monoisotopic (exact) mass is 252 g/mol. The standard InChI is InChI=1S/C8H12O9/c9-2(10)1-16-8-5(13)3(11)4(12)6(17-8)7(14)15/h3-6,8,11-13H,1H2,(H,9,10)(H,14,15). The van der Waals surface area contributed by atoms with E-state index >= 15 is 0 Å². The fourth-order valence-electron chi connectivity index (χ4n) is 1.34. The van der Waals surface area contributed by atoms with Crippen LogP contribution < -0.4 is 0 Å². The van der Waals surface area contributed by atoms with Crippen molar-refractivity contribution in [3.8, 4) is 0 Å². The van der Waals surface area contributed by atoms with Gasteiger partial charge in [0.05, 0.1) is 0 Å². The average molecular weight is 252 g/mol. The molecule has 1 aliphatic rings. The highest BCUT2D eigenvalue weighted by Crippen LogP contribution is 2.22. The van der Waals surface area contributed by atoms with Gasteiger partial charge in [0.15, 0.2) is 12.4 Å². The number of aliphatic hydroxyl groups excluding tert-OH is 3. The lowest BCUT2D eigenvalue weighted by molar-refractivity contribution is -0.293. The Morgan fingerprint density at radius 3 is 2.12 bits per heavy atom. The van der Waals surface area contributed by atoms with Crippen LogP contribution in [0.5, 0.6) is 0 Å². The third-order valence-corrected chi connectivity index (χ3v) is 2.18. The molecule has 1 saturated heterocycles. The molecule has 0 radical (unpaired) electrons. The second kappa shape index (κ2) is 5.38. The van der Waals surface area contributed by atoms with Gasteiger partial charge in [0.25, 0.3) is 0 Å². The van der Waals surface area contributed by atoms with Crippen molar-refractivity contribution in [2.75, 3.05) is 6.61 Å². The SMILES string of the molecule is O=C(O)COC1OC(C(=O)O)C(O)C(O)C1O. The first-order valence-corrected chi connectivity index (χ1v) is 4.60. The molecule has 0 bridgehead atoms. The van der Waals surface area contributed by atoms with Gasteiger partial charge in [-0.25, -0.2) is 9.59 Å². The van der Waals surface area contributed by atoms with Crippen LogP contribution in [0.2, 0.25) is 0 Å². The molecule has 0 spiro atoms. The van der Waals surface area contributed by atoms with Crippen molar-refractivity contribution in [3.63, 3.8) is 0 Å². The molecule has 1 fully saturated rings. The highest BCUT2D eigenvalue weighted by Gasteiger charge is 2.47. The molecule has 1 heterocycles. The summed E-state index contributed by atoms with van der Waals surface area (Å²) >= 11 is 0. The fourth-order valence-corrected chi connectivity index (χ4v) is 1.34. The van der Waals surface area contributed by atoms with E-state index in [2.05, 4.69) is 9.47 Å². The predicted molar refractivity (Wildman–Crippen MR) is 47.9 cm³/mol. The molecular formula is C8H12O9. The fraction of sp³-hybridized carbons (Fsp3) is 0.750. The largest absolute Gasteiger partial charge is 0.480 e. The van der Waals surface area contributed by atoms with Crippen molar-refractivity contribution in [3.05, 3.63) is 0 Å². The van der Waals surface area contributed by atoms with E-state index in [1.54, 1.807) is 0 Å². The van der Waals surface area contributed by atoms with Crippen molar-refractivity contribution in [2.45, 2.75) is 30.7 Å². The molecule has 5 atom stereocenters. The predicted octanol–water partition coefficient (Wildman–Crippen LogP) is -3.02. The molecule has 9 heteroatoms. The molecule has 5 unspecified atom stereocenters. The van der Waals surface area contributed by atoms with Crippen LogP contribution in [0.15, 0.2) is 0 Å². The Kier molecular flexibility index (Phi) is 4.37. The van der Waals surface area contributed by atoms with Crippen molar-refractivity contribution in [1.29, 1.82) is 0 Å². The van der Waals surface area contributed by atoms with Gasteiger partial charge in [0.2, 0.25) is 0 Å². The summed E-state index contributed by atoms with van der Waals surface area (Å²) in [5.74, 6) is -2.92. The first-order valence-electron chi connectivity index (χ1n) is 4.60. The number of rotatable bonds is 4. The molecule has 5 N–H and O–H groups in total. The number of hydrogen-bond donors (Lipinski definition) is 5. The van der Waals surface area contributed by atoms with Gasteiger partial charge in [-0.15, -0.1) is 0 Å². The Labute approximate surface area is 94.8 Å². The number of aliphatic carboxylic acids is 2. The number of carboxylic acid groups (broad SMARTS) is 2. The molecule has 0 aliphatic carbocycles. The van der Waals surface area contributed by atoms with Crippen molar-refractivity contribution < 1.29 is 44.6 Å². The van der Waals surface area contributed by atoms with Gasteiger partial charge in [-0.1, -0.05) is 0 Å². The molecule has 0 amide bonds. The normalized spacial score (nSPS) is 37.7. The molecule has 9 nitrogen and oxygen atoms in total. The van der Waals surface area contributed by atoms with Gasteiger partial charge in [-0.3, -0.25) is 0 Å². The van der Waals surface area contributed by atoms with Crippen LogP contribution in [-0.4, -0.2) is 74.8 Å². The maximum atomic E-state index is 10.7. The Balaban J connectivity index is 2.71.